The van der Waals surface area contributed by atoms with Crippen molar-refractivity contribution >= 4 is 23.4 Å². The van der Waals surface area contributed by atoms with Crippen molar-refractivity contribution < 1.29 is 14.3 Å². The number of carbonyl (C=O) groups excluding carboxylic acids is 1. The number of carbonyl (C=O) groups is 1. The van der Waals surface area contributed by atoms with Crippen LogP contribution in [0.2, 0.25) is 0 Å². The standard InChI is InChI=1S/C29H32N4O3S/c1-6-36-24-16-14-23(15-17-24)33-27(20-10-12-21(13-11-20)29(2,3)4)31-32-28(33)37-19-26(34)30-22-8-7-9-25(18-22)35-5/h7-18H,6,19H2,1-5H3,(H,30,34). The topological polar surface area (TPSA) is 78.3 Å². The highest BCUT2D eigenvalue weighted by atomic mass is 32.2. The molecule has 7 nitrogen and oxygen atoms in total. The first kappa shape index (κ1) is 26.3. The van der Waals surface area contributed by atoms with Crippen LogP contribution in [0.4, 0.5) is 5.69 Å². The predicted molar refractivity (Wildman–Crippen MR) is 149 cm³/mol. The Morgan fingerprint density at radius 2 is 1.70 bits per heavy atom. The molecule has 0 aliphatic rings. The second-order valence-corrected chi connectivity index (χ2v) is 10.4. The molecule has 1 N–H and O–H groups in total. The maximum atomic E-state index is 12.7. The maximum absolute atomic E-state index is 12.7. The van der Waals surface area contributed by atoms with Crippen LogP contribution < -0.4 is 14.8 Å². The summed E-state index contributed by atoms with van der Waals surface area (Å²) in [7, 11) is 1.60. The molecule has 0 radical (unpaired) electrons. The monoisotopic (exact) mass is 516 g/mol. The molecule has 4 rings (SSSR count). The number of anilines is 1. The zero-order valence-electron chi connectivity index (χ0n) is 21.8. The molecule has 0 saturated carbocycles. The number of rotatable bonds is 9. The van der Waals surface area contributed by atoms with Crippen LogP contribution in [0.1, 0.15) is 33.3 Å². The number of benzene rings is 3. The highest BCUT2D eigenvalue weighted by Gasteiger charge is 2.19. The lowest BCUT2D eigenvalue weighted by molar-refractivity contribution is -0.113. The van der Waals surface area contributed by atoms with Crippen molar-refractivity contribution in [3.8, 4) is 28.6 Å². The molecule has 1 heterocycles. The third-order valence-corrected chi connectivity index (χ3v) is 6.66. The van der Waals surface area contributed by atoms with E-state index in [0.717, 1.165) is 17.0 Å². The van der Waals surface area contributed by atoms with Crippen molar-refractivity contribution in [2.24, 2.45) is 0 Å². The molecule has 0 aliphatic heterocycles. The Morgan fingerprint density at radius 3 is 2.35 bits per heavy atom. The highest BCUT2D eigenvalue weighted by molar-refractivity contribution is 7.99. The van der Waals surface area contributed by atoms with Crippen molar-refractivity contribution in [1.29, 1.82) is 0 Å². The van der Waals surface area contributed by atoms with Gasteiger partial charge >= 0.3 is 0 Å². The first-order chi connectivity index (χ1) is 17.8. The van der Waals surface area contributed by atoms with E-state index in [9.17, 15) is 4.79 Å². The summed E-state index contributed by atoms with van der Waals surface area (Å²) in [4.78, 5) is 12.7. The molecule has 4 aromatic rings. The second kappa shape index (κ2) is 11.5. The Kier molecular flexibility index (Phi) is 8.18. The van der Waals surface area contributed by atoms with E-state index in [2.05, 4.69) is 60.6 Å². The summed E-state index contributed by atoms with van der Waals surface area (Å²) in [5, 5.41) is 12.5. The van der Waals surface area contributed by atoms with Gasteiger partial charge in [-0.2, -0.15) is 0 Å². The predicted octanol–water partition coefficient (Wildman–Crippen LogP) is 6.37. The molecule has 3 aromatic carbocycles. The number of ether oxygens (including phenoxy) is 2. The van der Waals surface area contributed by atoms with E-state index in [4.69, 9.17) is 9.47 Å². The number of hydrogen-bond donors (Lipinski definition) is 1. The summed E-state index contributed by atoms with van der Waals surface area (Å²) in [6, 6.07) is 23.5. The van der Waals surface area contributed by atoms with Gasteiger partial charge in [0.15, 0.2) is 11.0 Å². The minimum Gasteiger partial charge on any atom is -0.497 e. The number of nitrogens with one attached hydrogen (secondary N) is 1. The molecule has 192 valence electrons. The molecule has 0 atom stereocenters. The largest absolute Gasteiger partial charge is 0.497 e. The van der Waals surface area contributed by atoms with Crippen molar-refractivity contribution in [3.05, 3.63) is 78.4 Å². The van der Waals surface area contributed by atoms with Crippen LogP contribution >= 0.6 is 11.8 Å². The van der Waals surface area contributed by atoms with Crippen molar-refractivity contribution in [3.63, 3.8) is 0 Å². The van der Waals surface area contributed by atoms with E-state index in [-0.39, 0.29) is 17.1 Å². The lowest BCUT2D eigenvalue weighted by Gasteiger charge is -2.19. The smallest absolute Gasteiger partial charge is 0.234 e. The Labute approximate surface area is 222 Å². The minimum atomic E-state index is -0.143. The molecule has 0 saturated heterocycles. The van der Waals surface area contributed by atoms with Gasteiger partial charge in [0.2, 0.25) is 5.91 Å². The zero-order valence-corrected chi connectivity index (χ0v) is 22.6. The van der Waals surface area contributed by atoms with Gasteiger partial charge in [0.25, 0.3) is 0 Å². The molecule has 0 aliphatic carbocycles. The van der Waals surface area contributed by atoms with Gasteiger partial charge in [0, 0.05) is 23.0 Å². The molecule has 1 aromatic heterocycles. The Hall–Kier alpha value is -3.78. The number of thioether (sulfide) groups is 1. The Morgan fingerprint density at radius 1 is 0.973 bits per heavy atom. The average molecular weight is 517 g/mol. The summed E-state index contributed by atoms with van der Waals surface area (Å²) in [6.45, 7) is 9.13. The summed E-state index contributed by atoms with van der Waals surface area (Å²) >= 11 is 1.33. The van der Waals surface area contributed by atoms with Crippen LogP contribution in [0, 0.1) is 0 Å². The van der Waals surface area contributed by atoms with Crippen molar-refractivity contribution in [1.82, 2.24) is 14.8 Å². The van der Waals surface area contributed by atoms with E-state index in [0.29, 0.717) is 29.0 Å². The molecule has 37 heavy (non-hydrogen) atoms. The van der Waals surface area contributed by atoms with Gasteiger partial charge in [-0.25, -0.2) is 0 Å². The number of methoxy groups -OCH3 is 1. The van der Waals surface area contributed by atoms with E-state index in [1.54, 1.807) is 13.2 Å². The number of hydrogen-bond acceptors (Lipinski definition) is 6. The van der Waals surface area contributed by atoms with Crippen LogP contribution in [-0.4, -0.2) is 40.1 Å². The Balaban J connectivity index is 1.61. The van der Waals surface area contributed by atoms with E-state index >= 15 is 0 Å². The number of amides is 1. The fourth-order valence-corrected chi connectivity index (χ4v) is 4.54. The van der Waals surface area contributed by atoms with Gasteiger partial charge in [-0.05, 0) is 54.3 Å². The van der Waals surface area contributed by atoms with Gasteiger partial charge in [-0.3, -0.25) is 9.36 Å². The van der Waals surface area contributed by atoms with Crippen molar-refractivity contribution in [2.45, 2.75) is 38.3 Å². The fraction of sp³-hybridized carbons (Fsp3) is 0.276. The molecule has 0 unspecified atom stereocenters. The van der Waals surface area contributed by atoms with Gasteiger partial charge in [0.05, 0.1) is 19.5 Å². The molecular formula is C29H32N4O3S. The second-order valence-electron chi connectivity index (χ2n) is 9.46. The van der Waals surface area contributed by atoms with Crippen LogP contribution in [-0.2, 0) is 10.2 Å². The first-order valence-electron chi connectivity index (χ1n) is 12.1. The average Bonchev–Trinajstić information content (AvgIpc) is 3.32. The molecule has 0 fully saturated rings. The van der Waals surface area contributed by atoms with Gasteiger partial charge in [0.1, 0.15) is 11.5 Å². The lowest BCUT2D eigenvalue weighted by Crippen LogP contribution is -2.14. The number of aromatic nitrogens is 3. The van der Waals surface area contributed by atoms with Gasteiger partial charge in [-0.1, -0.05) is 62.9 Å². The summed E-state index contributed by atoms with van der Waals surface area (Å²) in [5.74, 6) is 2.22. The minimum absolute atomic E-state index is 0.0540. The van der Waals surface area contributed by atoms with Crippen LogP contribution in [0.3, 0.4) is 0 Å². The van der Waals surface area contributed by atoms with Gasteiger partial charge in [-0.15, -0.1) is 10.2 Å². The molecule has 1 amide bonds. The molecule has 0 bridgehead atoms. The van der Waals surface area contributed by atoms with Crippen LogP contribution in [0.15, 0.2) is 78.0 Å². The third kappa shape index (κ3) is 6.51. The number of nitrogens with zero attached hydrogens (tertiary/aromatic N) is 3. The molecule has 0 spiro atoms. The molecule has 8 heteroatoms. The van der Waals surface area contributed by atoms with Crippen molar-refractivity contribution in [2.75, 3.05) is 24.8 Å². The SMILES string of the molecule is CCOc1ccc(-n2c(SCC(=O)Nc3cccc(OC)c3)nnc2-c2ccc(C(C)(C)C)cc2)cc1. The summed E-state index contributed by atoms with van der Waals surface area (Å²) < 4.78 is 12.8. The van der Waals surface area contributed by atoms with Crippen LogP contribution in [0.5, 0.6) is 11.5 Å². The normalized spacial score (nSPS) is 11.3. The summed E-state index contributed by atoms with van der Waals surface area (Å²) in [5.41, 5.74) is 3.81. The van der Waals surface area contributed by atoms with E-state index in [1.807, 2.05) is 54.0 Å². The lowest BCUT2D eigenvalue weighted by atomic mass is 9.87. The quantitative estimate of drug-likeness (QED) is 0.261. The molecular weight excluding hydrogens is 484 g/mol. The summed E-state index contributed by atoms with van der Waals surface area (Å²) in [6.07, 6.45) is 0. The van der Waals surface area contributed by atoms with Gasteiger partial charge < -0.3 is 14.8 Å². The van der Waals surface area contributed by atoms with E-state index in [1.165, 1.54) is 17.3 Å². The van der Waals surface area contributed by atoms with E-state index < -0.39 is 0 Å². The zero-order chi connectivity index (χ0) is 26.4. The highest BCUT2D eigenvalue weighted by Crippen LogP contribution is 2.31. The van der Waals surface area contributed by atoms with Crippen LogP contribution in [0.25, 0.3) is 17.1 Å². The fourth-order valence-electron chi connectivity index (χ4n) is 3.79. The maximum Gasteiger partial charge on any atom is 0.234 e. The Bertz CT molecular complexity index is 1340. The third-order valence-electron chi connectivity index (χ3n) is 5.73. The first-order valence-corrected chi connectivity index (χ1v) is 13.1.